The maximum Gasteiger partial charge on any atom is 0.295 e. The van der Waals surface area contributed by atoms with Crippen molar-refractivity contribution in [1.82, 2.24) is 0 Å². The summed E-state index contributed by atoms with van der Waals surface area (Å²) in [7, 11) is 0. The largest absolute Gasteiger partial charge is 0.319 e. The van der Waals surface area contributed by atoms with E-state index in [1.807, 2.05) is 0 Å². The summed E-state index contributed by atoms with van der Waals surface area (Å²) in [5, 5.41) is 13.2. The summed E-state index contributed by atoms with van der Waals surface area (Å²) in [6.07, 6.45) is 1.73. The van der Waals surface area contributed by atoms with Crippen LogP contribution < -0.4 is 11.1 Å². The molecule has 19 heavy (non-hydrogen) atoms. The first-order chi connectivity index (χ1) is 8.82. The van der Waals surface area contributed by atoms with Gasteiger partial charge in [-0.15, -0.1) is 0 Å². The molecule has 1 atom stereocenters. The highest BCUT2D eigenvalue weighted by molar-refractivity contribution is 5.99. The molecule has 0 aromatic heterocycles. The number of carbonyl (C=O) groups excluding carboxylic acids is 1. The van der Waals surface area contributed by atoms with E-state index in [-0.39, 0.29) is 11.6 Å². The molecule has 0 saturated heterocycles. The van der Waals surface area contributed by atoms with E-state index in [0.29, 0.717) is 0 Å². The molecule has 7 heteroatoms. The molecule has 0 bridgehead atoms. The highest BCUT2D eigenvalue weighted by atomic mass is 19.1. The van der Waals surface area contributed by atoms with E-state index in [1.165, 1.54) is 0 Å². The van der Waals surface area contributed by atoms with Crippen LogP contribution in [0.4, 0.5) is 15.8 Å². The molecule has 6 nitrogen and oxygen atoms in total. The Labute approximate surface area is 108 Å². The average Bonchev–Trinajstić information content (AvgIpc) is 3.15. The summed E-state index contributed by atoms with van der Waals surface area (Å²) in [5.74, 6) is -1.14. The first kappa shape index (κ1) is 13.4. The number of nitrogens with one attached hydrogen (secondary N) is 1. The van der Waals surface area contributed by atoms with Gasteiger partial charge in [-0.3, -0.25) is 14.9 Å². The zero-order chi connectivity index (χ0) is 14.2. The minimum absolute atomic E-state index is 0.0475. The highest BCUT2D eigenvalue weighted by Gasteiger charge is 2.44. The zero-order valence-electron chi connectivity index (χ0n) is 10.4. The molecule has 3 N–H and O–H groups in total. The van der Waals surface area contributed by atoms with Gasteiger partial charge in [-0.25, -0.2) is 4.39 Å². The van der Waals surface area contributed by atoms with Crippen LogP contribution in [0.2, 0.25) is 0 Å². The third-order valence-electron chi connectivity index (χ3n) is 3.32. The van der Waals surface area contributed by atoms with E-state index in [1.54, 1.807) is 6.92 Å². The van der Waals surface area contributed by atoms with E-state index in [4.69, 9.17) is 5.73 Å². The van der Waals surface area contributed by atoms with Crippen LogP contribution in [0.25, 0.3) is 0 Å². The summed E-state index contributed by atoms with van der Waals surface area (Å²) in [4.78, 5) is 22.1. The number of benzene rings is 1. The van der Waals surface area contributed by atoms with Gasteiger partial charge in [-0.2, -0.15) is 0 Å². The Morgan fingerprint density at radius 3 is 2.74 bits per heavy atom. The Morgan fingerprint density at radius 1 is 1.58 bits per heavy atom. The van der Waals surface area contributed by atoms with Crippen LogP contribution in [-0.2, 0) is 4.79 Å². The van der Waals surface area contributed by atoms with Gasteiger partial charge in [-0.05, 0) is 37.8 Å². The third kappa shape index (κ3) is 2.70. The standard InChI is InChI=1S/C12H14FN3O3/c1-12(14,7-2-3-7)11(17)15-9-5-4-8(13)6-10(9)16(18)19/h4-7H,2-3,14H2,1H3,(H,15,17). The molecule has 0 heterocycles. The number of amides is 1. The molecule has 2 rings (SSSR count). The fourth-order valence-corrected chi connectivity index (χ4v) is 1.89. The normalized spacial score (nSPS) is 17.6. The molecule has 0 aliphatic heterocycles. The van der Waals surface area contributed by atoms with E-state index in [2.05, 4.69) is 5.32 Å². The summed E-state index contributed by atoms with van der Waals surface area (Å²) in [6.45, 7) is 1.59. The molecule has 0 radical (unpaired) electrons. The number of nitro groups is 1. The average molecular weight is 267 g/mol. The highest BCUT2D eigenvalue weighted by Crippen LogP contribution is 2.39. The fraction of sp³-hybridized carbons (Fsp3) is 0.417. The number of carbonyl (C=O) groups is 1. The number of rotatable bonds is 4. The van der Waals surface area contributed by atoms with Crippen molar-refractivity contribution in [1.29, 1.82) is 0 Å². The Bertz CT molecular complexity index is 541. The van der Waals surface area contributed by atoms with E-state index >= 15 is 0 Å². The lowest BCUT2D eigenvalue weighted by Crippen LogP contribution is -2.50. The smallest absolute Gasteiger partial charge is 0.295 e. The summed E-state index contributed by atoms with van der Waals surface area (Å²) in [6, 6.07) is 2.97. The van der Waals surface area contributed by atoms with Gasteiger partial charge < -0.3 is 11.1 Å². The van der Waals surface area contributed by atoms with Crippen LogP contribution in [0.5, 0.6) is 0 Å². The van der Waals surface area contributed by atoms with Gasteiger partial charge in [0.05, 0.1) is 16.5 Å². The number of hydrogen-bond donors (Lipinski definition) is 2. The van der Waals surface area contributed by atoms with E-state index < -0.39 is 27.9 Å². The van der Waals surface area contributed by atoms with Crippen LogP contribution in [0.3, 0.4) is 0 Å². The van der Waals surface area contributed by atoms with E-state index in [0.717, 1.165) is 31.0 Å². The summed E-state index contributed by atoms with van der Waals surface area (Å²) >= 11 is 0. The first-order valence-corrected chi connectivity index (χ1v) is 5.86. The van der Waals surface area contributed by atoms with Gasteiger partial charge in [0.2, 0.25) is 5.91 Å². The van der Waals surface area contributed by atoms with Crippen LogP contribution in [0.15, 0.2) is 18.2 Å². The minimum Gasteiger partial charge on any atom is -0.319 e. The maximum absolute atomic E-state index is 13.0. The maximum atomic E-state index is 13.0. The molecule has 1 amide bonds. The Kier molecular flexibility index (Phi) is 3.23. The van der Waals surface area contributed by atoms with Crippen LogP contribution in [-0.4, -0.2) is 16.4 Å². The van der Waals surface area contributed by atoms with Gasteiger partial charge >= 0.3 is 0 Å². The summed E-state index contributed by atoms with van der Waals surface area (Å²) < 4.78 is 13.0. The third-order valence-corrected chi connectivity index (χ3v) is 3.32. The second-order valence-corrected chi connectivity index (χ2v) is 4.93. The Morgan fingerprint density at radius 2 is 2.21 bits per heavy atom. The van der Waals surface area contributed by atoms with Crippen molar-refractivity contribution in [3.8, 4) is 0 Å². The van der Waals surface area contributed by atoms with Crippen molar-refractivity contribution < 1.29 is 14.1 Å². The Hall–Kier alpha value is -2.02. The molecular formula is C12H14FN3O3. The minimum atomic E-state index is -1.07. The number of anilines is 1. The van der Waals surface area contributed by atoms with Crippen molar-refractivity contribution in [2.75, 3.05) is 5.32 Å². The predicted molar refractivity (Wildman–Crippen MR) is 67.0 cm³/mol. The fourth-order valence-electron chi connectivity index (χ4n) is 1.89. The lowest BCUT2D eigenvalue weighted by atomic mass is 9.96. The molecule has 0 spiro atoms. The quantitative estimate of drug-likeness (QED) is 0.641. The molecule has 1 aromatic rings. The molecule has 1 fully saturated rings. The number of nitro benzene ring substituents is 1. The van der Waals surface area contributed by atoms with Crippen LogP contribution in [0, 0.1) is 21.8 Å². The van der Waals surface area contributed by atoms with Gasteiger partial charge in [0, 0.05) is 0 Å². The zero-order valence-corrected chi connectivity index (χ0v) is 10.4. The van der Waals surface area contributed by atoms with E-state index in [9.17, 15) is 19.3 Å². The van der Waals surface area contributed by atoms with Crippen molar-refractivity contribution >= 4 is 17.3 Å². The van der Waals surface area contributed by atoms with Crippen LogP contribution >= 0.6 is 0 Å². The number of nitrogens with two attached hydrogens (primary N) is 1. The van der Waals surface area contributed by atoms with Gasteiger partial charge in [0.25, 0.3) is 5.69 Å². The molecule has 1 unspecified atom stereocenters. The number of hydrogen-bond acceptors (Lipinski definition) is 4. The van der Waals surface area contributed by atoms with Crippen molar-refractivity contribution in [2.24, 2.45) is 11.7 Å². The molecule has 1 aliphatic carbocycles. The molecular weight excluding hydrogens is 253 g/mol. The topological polar surface area (TPSA) is 98.3 Å². The van der Waals surface area contributed by atoms with Crippen molar-refractivity contribution in [3.05, 3.63) is 34.1 Å². The predicted octanol–water partition coefficient (Wildman–Crippen LogP) is 1.80. The lowest BCUT2D eigenvalue weighted by molar-refractivity contribution is -0.384. The first-order valence-electron chi connectivity index (χ1n) is 5.86. The molecule has 1 saturated carbocycles. The van der Waals surface area contributed by atoms with Gasteiger partial charge in [0.1, 0.15) is 11.5 Å². The van der Waals surface area contributed by atoms with Crippen molar-refractivity contribution in [3.63, 3.8) is 0 Å². The van der Waals surface area contributed by atoms with Crippen LogP contribution in [0.1, 0.15) is 19.8 Å². The lowest BCUT2D eigenvalue weighted by Gasteiger charge is -2.23. The second kappa shape index (κ2) is 4.58. The molecule has 1 aliphatic rings. The SMILES string of the molecule is CC(N)(C(=O)Nc1ccc(F)cc1[N+](=O)[O-])C1CC1. The molecule has 1 aromatic carbocycles. The number of halogens is 1. The number of nitrogens with zero attached hydrogens (tertiary/aromatic N) is 1. The van der Waals surface area contributed by atoms with Crippen molar-refractivity contribution in [2.45, 2.75) is 25.3 Å². The summed E-state index contributed by atoms with van der Waals surface area (Å²) in [5.41, 5.74) is 4.31. The van der Waals surface area contributed by atoms with Gasteiger partial charge in [-0.1, -0.05) is 0 Å². The monoisotopic (exact) mass is 267 g/mol. The van der Waals surface area contributed by atoms with Gasteiger partial charge in [0.15, 0.2) is 0 Å². The Balaban J connectivity index is 2.23. The second-order valence-electron chi connectivity index (χ2n) is 4.93. The molecule has 102 valence electrons.